The second-order valence-electron chi connectivity index (χ2n) is 5.12. The highest BCUT2D eigenvalue weighted by Crippen LogP contribution is 2.26. The third-order valence-corrected chi connectivity index (χ3v) is 2.67. The van der Waals surface area contributed by atoms with Crippen molar-refractivity contribution in [3.8, 4) is 0 Å². The molecule has 0 radical (unpaired) electrons. The van der Waals surface area contributed by atoms with Crippen molar-refractivity contribution in [2.45, 2.75) is 20.8 Å². The number of aromatic nitrogens is 1. The smallest absolute Gasteiger partial charge is 0.105 e. The third-order valence-electron chi connectivity index (χ3n) is 2.67. The fourth-order valence-corrected chi connectivity index (χ4v) is 1.50. The number of nitrogens with zero attached hydrogens (tertiary/aromatic N) is 2. The minimum absolute atomic E-state index is 0.116. The average Bonchev–Trinajstić information content (AvgIpc) is 2.28. The molecule has 3 heteroatoms. The van der Waals surface area contributed by atoms with E-state index < -0.39 is 0 Å². The molecule has 0 saturated carbocycles. The Bertz CT molecular complexity index is 560. The summed E-state index contributed by atoms with van der Waals surface area (Å²) in [5.74, 6) is 0.641. The predicted molar refractivity (Wildman–Crippen MR) is 72.5 cm³/mol. The number of aliphatic imine (C=N–C) groups is 1. The summed E-state index contributed by atoms with van der Waals surface area (Å²) in [6.07, 6.45) is 3.61. The summed E-state index contributed by atoms with van der Waals surface area (Å²) in [4.78, 5) is 8.63. The Kier molecular flexibility index (Phi) is 2.84. The molecule has 1 aromatic carbocycles. The lowest BCUT2D eigenvalue weighted by Crippen LogP contribution is -2.28. The van der Waals surface area contributed by atoms with E-state index in [4.69, 9.17) is 5.73 Å². The lowest BCUT2D eigenvalue weighted by Gasteiger charge is -2.17. The van der Waals surface area contributed by atoms with Gasteiger partial charge in [-0.1, -0.05) is 32.9 Å². The van der Waals surface area contributed by atoms with E-state index in [1.54, 1.807) is 6.20 Å². The molecule has 2 aromatic rings. The molecule has 0 atom stereocenters. The molecule has 0 aliphatic rings. The summed E-state index contributed by atoms with van der Waals surface area (Å²) in [7, 11) is 0. The van der Waals surface area contributed by atoms with Crippen LogP contribution in [0.25, 0.3) is 10.8 Å². The molecule has 1 heterocycles. The first kappa shape index (κ1) is 11.6. The van der Waals surface area contributed by atoms with Crippen LogP contribution >= 0.6 is 0 Å². The van der Waals surface area contributed by atoms with E-state index in [0.717, 1.165) is 16.5 Å². The van der Waals surface area contributed by atoms with Crippen molar-refractivity contribution in [3.63, 3.8) is 0 Å². The van der Waals surface area contributed by atoms with Crippen LogP contribution in [0, 0.1) is 5.41 Å². The number of nitrogens with two attached hydrogens (primary N) is 1. The molecule has 2 rings (SSSR count). The Hall–Kier alpha value is -1.90. The SMILES string of the molecule is CC(C)(C)C(N)=Nc1cccc2cnccc12. The van der Waals surface area contributed by atoms with Gasteiger partial charge >= 0.3 is 0 Å². The van der Waals surface area contributed by atoms with Crippen molar-refractivity contribution < 1.29 is 0 Å². The predicted octanol–water partition coefficient (Wildman–Crippen LogP) is 3.27. The monoisotopic (exact) mass is 227 g/mol. The molecule has 2 N–H and O–H groups in total. The number of pyridine rings is 1. The van der Waals surface area contributed by atoms with Gasteiger partial charge in [0.15, 0.2) is 0 Å². The van der Waals surface area contributed by atoms with E-state index >= 15 is 0 Å². The average molecular weight is 227 g/mol. The second-order valence-corrected chi connectivity index (χ2v) is 5.12. The van der Waals surface area contributed by atoms with Gasteiger partial charge in [0.1, 0.15) is 5.84 Å². The molecule has 0 bridgehead atoms. The minimum atomic E-state index is -0.116. The molecular weight excluding hydrogens is 210 g/mol. The van der Waals surface area contributed by atoms with E-state index in [-0.39, 0.29) is 5.41 Å². The van der Waals surface area contributed by atoms with Crippen LogP contribution in [0.4, 0.5) is 5.69 Å². The van der Waals surface area contributed by atoms with Gasteiger partial charge in [-0.25, -0.2) is 4.99 Å². The highest BCUT2D eigenvalue weighted by atomic mass is 14.9. The summed E-state index contributed by atoms with van der Waals surface area (Å²) in [5, 5.41) is 2.16. The highest BCUT2D eigenvalue weighted by Gasteiger charge is 2.15. The second kappa shape index (κ2) is 4.17. The maximum absolute atomic E-state index is 6.01. The van der Waals surface area contributed by atoms with Crippen LogP contribution < -0.4 is 5.73 Å². The molecule has 0 fully saturated rings. The number of fused-ring (bicyclic) bond motifs is 1. The van der Waals surface area contributed by atoms with Crippen LogP contribution in [-0.4, -0.2) is 10.8 Å². The normalized spacial score (nSPS) is 13.0. The molecule has 3 nitrogen and oxygen atoms in total. The number of rotatable bonds is 1. The topological polar surface area (TPSA) is 51.3 Å². The number of amidine groups is 1. The zero-order valence-electron chi connectivity index (χ0n) is 10.4. The number of hydrogen-bond acceptors (Lipinski definition) is 2. The van der Waals surface area contributed by atoms with Crippen molar-refractivity contribution in [2.24, 2.45) is 16.1 Å². The Morgan fingerprint density at radius 3 is 2.71 bits per heavy atom. The fraction of sp³-hybridized carbons (Fsp3) is 0.286. The summed E-state index contributed by atoms with van der Waals surface area (Å²) < 4.78 is 0. The van der Waals surface area contributed by atoms with Gasteiger partial charge in [-0.05, 0) is 12.1 Å². The van der Waals surface area contributed by atoms with Crippen molar-refractivity contribution in [1.29, 1.82) is 0 Å². The standard InChI is InChI=1S/C14H17N3/c1-14(2,3)13(15)17-12-6-4-5-10-9-16-8-7-11(10)12/h4-9H,1-3H3,(H2,15,17). The first-order chi connectivity index (χ1) is 7.98. The summed E-state index contributed by atoms with van der Waals surface area (Å²) in [6, 6.07) is 7.93. The first-order valence-corrected chi connectivity index (χ1v) is 5.66. The molecule has 88 valence electrons. The zero-order chi connectivity index (χ0) is 12.5. The quantitative estimate of drug-likeness (QED) is 0.600. The van der Waals surface area contributed by atoms with Crippen LogP contribution in [0.5, 0.6) is 0 Å². The molecule has 17 heavy (non-hydrogen) atoms. The molecule has 0 unspecified atom stereocenters. The number of benzene rings is 1. The molecule has 0 aliphatic carbocycles. The van der Waals surface area contributed by atoms with Gasteiger partial charge in [-0.3, -0.25) is 4.98 Å². The van der Waals surface area contributed by atoms with Gasteiger partial charge in [-0.15, -0.1) is 0 Å². The van der Waals surface area contributed by atoms with Crippen LogP contribution in [-0.2, 0) is 0 Å². The lowest BCUT2D eigenvalue weighted by atomic mass is 9.95. The number of hydrogen-bond donors (Lipinski definition) is 1. The summed E-state index contributed by atoms with van der Waals surface area (Å²) in [5.41, 5.74) is 6.79. The van der Waals surface area contributed by atoms with Crippen molar-refractivity contribution in [3.05, 3.63) is 36.7 Å². The first-order valence-electron chi connectivity index (χ1n) is 5.66. The molecule has 0 amide bonds. The molecule has 0 saturated heterocycles. The molecular formula is C14H17N3. The van der Waals surface area contributed by atoms with Gasteiger partial charge in [0.25, 0.3) is 0 Å². The van der Waals surface area contributed by atoms with Crippen LogP contribution in [0.1, 0.15) is 20.8 Å². The van der Waals surface area contributed by atoms with Crippen molar-refractivity contribution >= 4 is 22.3 Å². The van der Waals surface area contributed by atoms with Gasteiger partial charge in [0.05, 0.1) is 5.69 Å². The van der Waals surface area contributed by atoms with E-state index in [1.807, 2.05) is 30.5 Å². The highest BCUT2D eigenvalue weighted by molar-refractivity contribution is 5.96. The van der Waals surface area contributed by atoms with Gasteiger partial charge in [0.2, 0.25) is 0 Å². The maximum Gasteiger partial charge on any atom is 0.105 e. The largest absolute Gasteiger partial charge is 0.387 e. The van der Waals surface area contributed by atoms with Gasteiger partial charge in [-0.2, -0.15) is 0 Å². The maximum atomic E-state index is 6.01. The molecule has 0 aliphatic heterocycles. The van der Waals surface area contributed by atoms with Crippen molar-refractivity contribution in [2.75, 3.05) is 0 Å². The van der Waals surface area contributed by atoms with E-state index in [1.165, 1.54) is 0 Å². The lowest BCUT2D eigenvalue weighted by molar-refractivity contribution is 0.585. The Morgan fingerprint density at radius 2 is 2.00 bits per heavy atom. The van der Waals surface area contributed by atoms with E-state index in [2.05, 4.69) is 30.7 Å². The van der Waals surface area contributed by atoms with Gasteiger partial charge < -0.3 is 5.73 Å². The summed E-state index contributed by atoms with van der Waals surface area (Å²) >= 11 is 0. The van der Waals surface area contributed by atoms with Gasteiger partial charge in [0, 0.05) is 28.6 Å². The van der Waals surface area contributed by atoms with Crippen molar-refractivity contribution in [1.82, 2.24) is 4.98 Å². The zero-order valence-corrected chi connectivity index (χ0v) is 10.4. The molecule has 1 aromatic heterocycles. The van der Waals surface area contributed by atoms with Crippen LogP contribution in [0.15, 0.2) is 41.7 Å². The fourth-order valence-electron chi connectivity index (χ4n) is 1.50. The minimum Gasteiger partial charge on any atom is -0.387 e. The Balaban J connectivity index is 2.57. The Morgan fingerprint density at radius 1 is 1.24 bits per heavy atom. The van der Waals surface area contributed by atoms with E-state index in [9.17, 15) is 0 Å². The van der Waals surface area contributed by atoms with E-state index in [0.29, 0.717) is 5.84 Å². The van der Waals surface area contributed by atoms with Crippen LogP contribution in [0.2, 0.25) is 0 Å². The third kappa shape index (κ3) is 2.44. The summed E-state index contributed by atoms with van der Waals surface area (Å²) in [6.45, 7) is 6.16. The molecule has 0 spiro atoms. The van der Waals surface area contributed by atoms with Crippen LogP contribution in [0.3, 0.4) is 0 Å². The Labute approximate surface area is 101 Å².